The molecular weight excluding hydrogens is 160 g/mol. The number of nitrogens with zero attached hydrogens (tertiary/aromatic N) is 2. The van der Waals surface area contributed by atoms with Gasteiger partial charge in [0, 0.05) is 26.2 Å². The summed E-state index contributed by atoms with van der Waals surface area (Å²) < 4.78 is 0. The lowest BCUT2D eigenvalue weighted by atomic mass is 10.0. The highest BCUT2D eigenvalue weighted by Gasteiger charge is 2.27. The van der Waals surface area contributed by atoms with Crippen LogP contribution in [0, 0.1) is 12.3 Å². The smallest absolute Gasteiger partial charge is 0.0767 e. The molecule has 1 aliphatic rings. The molecule has 1 aliphatic heterocycles. The monoisotopic (exact) mass is 180 g/mol. The number of likely N-dealkylation sites (N-methyl/N-ethyl adjacent to an activating group) is 1. The molecule has 0 amide bonds. The molecule has 0 saturated carbocycles. The summed E-state index contributed by atoms with van der Waals surface area (Å²) in [5, 5.41) is 0. The van der Waals surface area contributed by atoms with Crippen LogP contribution in [-0.4, -0.2) is 48.1 Å². The van der Waals surface area contributed by atoms with Crippen molar-refractivity contribution in [3.05, 3.63) is 0 Å². The molecule has 0 aromatic heterocycles. The van der Waals surface area contributed by atoms with Gasteiger partial charge in [-0.2, -0.15) is 0 Å². The lowest BCUT2D eigenvalue weighted by Gasteiger charge is -2.41. The molecule has 0 aromatic rings. The highest BCUT2D eigenvalue weighted by Crippen LogP contribution is 2.15. The van der Waals surface area contributed by atoms with Crippen LogP contribution in [0.2, 0.25) is 0 Å². The van der Waals surface area contributed by atoms with E-state index in [0.717, 1.165) is 32.7 Å². The van der Waals surface area contributed by atoms with E-state index in [1.165, 1.54) is 0 Å². The SMILES string of the molecule is C#CC(C)(C)N1CCN(CC)CC1. The van der Waals surface area contributed by atoms with Gasteiger partial charge in [-0.1, -0.05) is 12.8 Å². The van der Waals surface area contributed by atoms with Crippen LogP contribution in [0.1, 0.15) is 20.8 Å². The van der Waals surface area contributed by atoms with Crippen molar-refractivity contribution in [1.82, 2.24) is 9.80 Å². The lowest BCUT2D eigenvalue weighted by Crippen LogP contribution is -2.53. The van der Waals surface area contributed by atoms with Crippen LogP contribution >= 0.6 is 0 Å². The van der Waals surface area contributed by atoms with E-state index in [9.17, 15) is 0 Å². The Morgan fingerprint density at radius 3 is 2.15 bits per heavy atom. The Hall–Kier alpha value is -0.520. The molecule has 1 saturated heterocycles. The Labute approximate surface area is 81.9 Å². The summed E-state index contributed by atoms with van der Waals surface area (Å²) in [6.07, 6.45) is 5.50. The fourth-order valence-corrected chi connectivity index (χ4v) is 1.71. The van der Waals surface area contributed by atoms with Crippen molar-refractivity contribution in [2.45, 2.75) is 26.3 Å². The maximum Gasteiger partial charge on any atom is 0.0767 e. The molecule has 74 valence electrons. The molecule has 13 heavy (non-hydrogen) atoms. The van der Waals surface area contributed by atoms with Gasteiger partial charge < -0.3 is 4.90 Å². The lowest BCUT2D eigenvalue weighted by molar-refractivity contribution is 0.0841. The first-order valence-electron chi connectivity index (χ1n) is 5.05. The molecule has 0 aliphatic carbocycles. The van der Waals surface area contributed by atoms with E-state index in [1.807, 2.05) is 0 Å². The summed E-state index contributed by atoms with van der Waals surface area (Å²) in [6, 6.07) is 0. The average Bonchev–Trinajstić information content (AvgIpc) is 2.18. The largest absolute Gasteiger partial charge is 0.301 e. The van der Waals surface area contributed by atoms with Gasteiger partial charge in [-0.25, -0.2) is 0 Å². The fraction of sp³-hybridized carbons (Fsp3) is 0.818. The minimum Gasteiger partial charge on any atom is -0.301 e. The predicted molar refractivity (Wildman–Crippen MR) is 56.6 cm³/mol. The summed E-state index contributed by atoms with van der Waals surface area (Å²) in [7, 11) is 0. The van der Waals surface area contributed by atoms with E-state index in [-0.39, 0.29) is 5.54 Å². The Kier molecular flexibility index (Phi) is 3.35. The van der Waals surface area contributed by atoms with Crippen LogP contribution in [0.4, 0.5) is 0 Å². The second-order valence-electron chi connectivity index (χ2n) is 4.12. The quantitative estimate of drug-likeness (QED) is 0.586. The Bertz CT molecular complexity index is 195. The molecule has 1 rings (SSSR count). The Balaban J connectivity index is 2.46. The third-order valence-electron chi connectivity index (χ3n) is 2.96. The first kappa shape index (κ1) is 10.6. The first-order valence-corrected chi connectivity index (χ1v) is 5.05. The van der Waals surface area contributed by atoms with Gasteiger partial charge in [0.05, 0.1) is 5.54 Å². The number of terminal acetylenes is 1. The number of hydrogen-bond acceptors (Lipinski definition) is 2. The van der Waals surface area contributed by atoms with E-state index in [2.05, 4.69) is 36.5 Å². The van der Waals surface area contributed by atoms with Crippen molar-refractivity contribution >= 4 is 0 Å². The molecule has 0 unspecified atom stereocenters. The third kappa shape index (κ3) is 2.46. The zero-order valence-corrected chi connectivity index (χ0v) is 9.01. The van der Waals surface area contributed by atoms with Crippen LogP contribution in [-0.2, 0) is 0 Å². The van der Waals surface area contributed by atoms with E-state index in [0.29, 0.717) is 0 Å². The highest BCUT2D eigenvalue weighted by molar-refractivity contribution is 5.09. The molecule has 1 fully saturated rings. The Morgan fingerprint density at radius 2 is 1.77 bits per heavy atom. The summed E-state index contributed by atoms with van der Waals surface area (Å²) in [5.74, 6) is 2.85. The molecule has 1 heterocycles. The molecule has 0 radical (unpaired) electrons. The molecule has 2 heteroatoms. The Morgan fingerprint density at radius 1 is 1.23 bits per heavy atom. The highest BCUT2D eigenvalue weighted by atomic mass is 15.3. The van der Waals surface area contributed by atoms with Crippen molar-refractivity contribution in [1.29, 1.82) is 0 Å². The van der Waals surface area contributed by atoms with Gasteiger partial charge >= 0.3 is 0 Å². The van der Waals surface area contributed by atoms with E-state index < -0.39 is 0 Å². The minimum absolute atomic E-state index is 0.0696. The van der Waals surface area contributed by atoms with Gasteiger partial charge in [-0.05, 0) is 20.4 Å². The van der Waals surface area contributed by atoms with Gasteiger partial charge in [-0.3, -0.25) is 4.90 Å². The van der Waals surface area contributed by atoms with Crippen molar-refractivity contribution in [2.75, 3.05) is 32.7 Å². The van der Waals surface area contributed by atoms with Gasteiger partial charge in [0.15, 0.2) is 0 Å². The number of rotatable bonds is 2. The first-order chi connectivity index (χ1) is 6.10. The normalized spacial score (nSPS) is 21.4. The van der Waals surface area contributed by atoms with Gasteiger partial charge in [0.1, 0.15) is 0 Å². The second kappa shape index (κ2) is 4.13. The van der Waals surface area contributed by atoms with Crippen molar-refractivity contribution in [2.24, 2.45) is 0 Å². The summed E-state index contributed by atoms with van der Waals surface area (Å²) in [4.78, 5) is 4.85. The predicted octanol–water partition coefficient (Wildman–Crippen LogP) is 1.04. The van der Waals surface area contributed by atoms with Crippen LogP contribution in [0.3, 0.4) is 0 Å². The molecule has 2 nitrogen and oxygen atoms in total. The summed E-state index contributed by atoms with van der Waals surface area (Å²) in [6.45, 7) is 12.1. The molecule has 0 spiro atoms. The van der Waals surface area contributed by atoms with E-state index in [1.54, 1.807) is 0 Å². The van der Waals surface area contributed by atoms with Crippen LogP contribution < -0.4 is 0 Å². The maximum absolute atomic E-state index is 5.50. The van der Waals surface area contributed by atoms with Crippen molar-refractivity contribution < 1.29 is 0 Å². The van der Waals surface area contributed by atoms with E-state index >= 15 is 0 Å². The van der Waals surface area contributed by atoms with Gasteiger partial charge in [0.2, 0.25) is 0 Å². The molecular formula is C11H20N2. The summed E-state index contributed by atoms with van der Waals surface area (Å²) in [5.41, 5.74) is -0.0696. The molecule has 0 bridgehead atoms. The standard InChI is InChI=1S/C11H20N2/c1-5-11(3,4)13-9-7-12(6-2)8-10-13/h1H,6-10H2,2-4H3. The van der Waals surface area contributed by atoms with Crippen LogP contribution in [0.5, 0.6) is 0 Å². The van der Waals surface area contributed by atoms with Crippen LogP contribution in [0.25, 0.3) is 0 Å². The number of piperazine rings is 1. The van der Waals surface area contributed by atoms with E-state index in [4.69, 9.17) is 6.42 Å². The molecule has 0 N–H and O–H groups in total. The zero-order chi connectivity index (χ0) is 9.90. The average molecular weight is 180 g/mol. The van der Waals surface area contributed by atoms with Gasteiger partial charge in [0.25, 0.3) is 0 Å². The van der Waals surface area contributed by atoms with Crippen LogP contribution in [0.15, 0.2) is 0 Å². The topological polar surface area (TPSA) is 6.48 Å². The zero-order valence-electron chi connectivity index (χ0n) is 9.01. The summed E-state index contributed by atoms with van der Waals surface area (Å²) >= 11 is 0. The molecule has 0 aromatic carbocycles. The second-order valence-corrected chi connectivity index (χ2v) is 4.12. The van der Waals surface area contributed by atoms with Crippen molar-refractivity contribution in [3.63, 3.8) is 0 Å². The maximum atomic E-state index is 5.50. The van der Waals surface area contributed by atoms with Crippen molar-refractivity contribution in [3.8, 4) is 12.3 Å². The third-order valence-corrected chi connectivity index (χ3v) is 2.96. The van der Waals surface area contributed by atoms with Gasteiger partial charge in [-0.15, -0.1) is 6.42 Å². The molecule has 0 atom stereocenters. The number of hydrogen-bond donors (Lipinski definition) is 0. The fourth-order valence-electron chi connectivity index (χ4n) is 1.71. The minimum atomic E-state index is -0.0696.